The molecule has 0 aliphatic rings. The molecule has 0 amide bonds. The molecule has 0 fully saturated rings. The Kier molecular flexibility index (Phi) is 5.80. The van der Waals surface area contributed by atoms with Crippen molar-refractivity contribution in [1.29, 1.82) is 0 Å². The van der Waals surface area contributed by atoms with Crippen LogP contribution in [0.2, 0.25) is 5.02 Å². The predicted octanol–water partition coefficient (Wildman–Crippen LogP) is 2.37. The summed E-state index contributed by atoms with van der Waals surface area (Å²) in [5, 5.41) is 9.86. The molecule has 0 unspecified atom stereocenters. The Hall–Kier alpha value is -0.620. The molecule has 0 heterocycles. The average molecular weight is 306 g/mol. The molecule has 1 aromatic rings. The second-order valence-corrected chi connectivity index (χ2v) is 7.38. The molecule has 0 saturated carbocycles. The molecule has 1 N–H and O–H groups in total. The topological polar surface area (TPSA) is 57.6 Å². The second kappa shape index (κ2) is 6.70. The highest BCUT2D eigenvalue weighted by atomic mass is 35.5. The summed E-state index contributed by atoms with van der Waals surface area (Å²) in [6.45, 7) is 3.79. The minimum Gasteiger partial charge on any atom is -0.395 e. The normalized spacial score (nSPS) is 14.1. The molecule has 0 radical (unpaired) electrons. The number of nitrogens with zero attached hydrogens (tertiary/aromatic N) is 1. The summed E-state index contributed by atoms with van der Waals surface area (Å²) in [4.78, 5) is 0.182. The summed E-state index contributed by atoms with van der Waals surface area (Å²) < 4.78 is 26.0. The Morgan fingerprint density at radius 2 is 1.79 bits per heavy atom. The highest BCUT2D eigenvalue weighted by molar-refractivity contribution is 7.89. The molecule has 4 nitrogen and oxygen atoms in total. The summed E-state index contributed by atoms with van der Waals surface area (Å²) in [6, 6.07) is 5.61. The SMILES string of the molecule is CC(C)C[C@H](CO)N(C)S(=O)(=O)c1ccc(Cl)cc1. The van der Waals surface area contributed by atoms with Crippen LogP contribution in [0.4, 0.5) is 0 Å². The van der Waals surface area contributed by atoms with Gasteiger partial charge in [0.25, 0.3) is 0 Å². The molecule has 0 aromatic heterocycles. The summed E-state index contributed by atoms with van der Waals surface area (Å²) in [5.41, 5.74) is 0. The third kappa shape index (κ3) is 4.18. The Balaban J connectivity index is 3.01. The maximum atomic E-state index is 12.4. The number of likely N-dealkylation sites (N-methyl/N-ethyl adjacent to an activating group) is 1. The number of halogens is 1. The summed E-state index contributed by atoms with van der Waals surface area (Å²) >= 11 is 5.75. The van der Waals surface area contributed by atoms with Crippen molar-refractivity contribution in [2.24, 2.45) is 5.92 Å². The van der Waals surface area contributed by atoms with Crippen molar-refractivity contribution in [3.8, 4) is 0 Å². The fraction of sp³-hybridized carbons (Fsp3) is 0.538. The van der Waals surface area contributed by atoms with E-state index in [0.29, 0.717) is 17.4 Å². The van der Waals surface area contributed by atoms with E-state index in [2.05, 4.69) is 0 Å². The molecule has 0 spiro atoms. The molecule has 0 saturated heterocycles. The first-order chi connectivity index (χ1) is 8.78. The van der Waals surface area contributed by atoms with Gasteiger partial charge in [-0.1, -0.05) is 25.4 Å². The summed E-state index contributed by atoms with van der Waals surface area (Å²) in [7, 11) is -2.10. The summed E-state index contributed by atoms with van der Waals surface area (Å²) in [6.07, 6.45) is 0.611. The van der Waals surface area contributed by atoms with Crippen molar-refractivity contribution in [1.82, 2.24) is 4.31 Å². The first kappa shape index (κ1) is 16.4. The molecule has 0 aliphatic heterocycles. The fourth-order valence-corrected chi connectivity index (χ4v) is 3.33. The molecule has 1 atom stereocenters. The lowest BCUT2D eigenvalue weighted by Crippen LogP contribution is -2.40. The third-order valence-electron chi connectivity index (χ3n) is 2.96. The first-order valence-electron chi connectivity index (χ1n) is 6.13. The second-order valence-electron chi connectivity index (χ2n) is 4.94. The van der Waals surface area contributed by atoms with E-state index in [1.165, 1.54) is 23.5 Å². The molecular weight excluding hydrogens is 286 g/mol. The van der Waals surface area contributed by atoms with E-state index in [0.717, 1.165) is 0 Å². The van der Waals surface area contributed by atoms with Crippen molar-refractivity contribution in [3.63, 3.8) is 0 Å². The van der Waals surface area contributed by atoms with Gasteiger partial charge in [-0.2, -0.15) is 4.31 Å². The van der Waals surface area contributed by atoms with Gasteiger partial charge < -0.3 is 5.11 Å². The van der Waals surface area contributed by atoms with Gasteiger partial charge in [0.15, 0.2) is 0 Å². The van der Waals surface area contributed by atoms with E-state index >= 15 is 0 Å². The van der Waals surface area contributed by atoms with Crippen LogP contribution in [0.1, 0.15) is 20.3 Å². The zero-order valence-corrected chi connectivity index (χ0v) is 12.9. The quantitative estimate of drug-likeness (QED) is 0.878. The standard InChI is InChI=1S/C13H20ClNO3S/c1-10(2)8-12(9-16)15(3)19(17,18)13-6-4-11(14)5-7-13/h4-7,10,12,16H,8-9H2,1-3H3/t12-/m1/s1. The molecule has 19 heavy (non-hydrogen) atoms. The average Bonchev–Trinajstić information content (AvgIpc) is 2.35. The van der Waals surface area contributed by atoms with Gasteiger partial charge in [-0.25, -0.2) is 8.42 Å². The molecule has 108 valence electrons. The Morgan fingerprint density at radius 1 is 1.26 bits per heavy atom. The fourth-order valence-electron chi connectivity index (χ4n) is 1.85. The van der Waals surface area contributed by atoms with Gasteiger partial charge in [0.05, 0.1) is 11.5 Å². The van der Waals surface area contributed by atoms with E-state index < -0.39 is 16.1 Å². The van der Waals surface area contributed by atoms with Crippen LogP contribution in [0.15, 0.2) is 29.2 Å². The third-order valence-corrected chi connectivity index (χ3v) is 5.14. The molecular formula is C13H20ClNO3S. The Bertz CT molecular complexity index is 499. The van der Waals surface area contributed by atoms with Crippen LogP contribution in [0.5, 0.6) is 0 Å². The van der Waals surface area contributed by atoms with Gasteiger partial charge in [-0.15, -0.1) is 0 Å². The minimum atomic E-state index is -3.60. The van der Waals surface area contributed by atoms with Gasteiger partial charge in [-0.05, 0) is 36.6 Å². The molecule has 1 rings (SSSR count). The Morgan fingerprint density at radius 3 is 2.21 bits per heavy atom. The minimum absolute atomic E-state index is 0.182. The van der Waals surface area contributed by atoms with Crippen LogP contribution >= 0.6 is 11.6 Å². The number of benzene rings is 1. The van der Waals surface area contributed by atoms with Crippen molar-refractivity contribution >= 4 is 21.6 Å². The van der Waals surface area contributed by atoms with Gasteiger partial charge >= 0.3 is 0 Å². The Labute approximate surface area is 120 Å². The van der Waals surface area contributed by atoms with Crippen molar-refractivity contribution < 1.29 is 13.5 Å². The lowest BCUT2D eigenvalue weighted by atomic mass is 10.1. The highest BCUT2D eigenvalue weighted by Crippen LogP contribution is 2.21. The smallest absolute Gasteiger partial charge is 0.243 e. The maximum Gasteiger partial charge on any atom is 0.243 e. The van der Waals surface area contributed by atoms with E-state index in [-0.39, 0.29) is 11.5 Å². The molecule has 6 heteroatoms. The number of aliphatic hydroxyl groups is 1. The van der Waals surface area contributed by atoms with Crippen LogP contribution in [-0.4, -0.2) is 37.5 Å². The van der Waals surface area contributed by atoms with Crippen molar-refractivity contribution in [3.05, 3.63) is 29.3 Å². The van der Waals surface area contributed by atoms with Crippen LogP contribution in [0.25, 0.3) is 0 Å². The lowest BCUT2D eigenvalue weighted by molar-refractivity contribution is 0.183. The summed E-state index contributed by atoms with van der Waals surface area (Å²) in [5.74, 6) is 0.306. The number of hydrogen-bond acceptors (Lipinski definition) is 3. The monoisotopic (exact) mass is 305 g/mol. The lowest BCUT2D eigenvalue weighted by Gasteiger charge is -2.27. The van der Waals surface area contributed by atoms with E-state index in [1.54, 1.807) is 12.1 Å². The predicted molar refractivity (Wildman–Crippen MR) is 76.7 cm³/mol. The first-order valence-corrected chi connectivity index (χ1v) is 7.95. The number of rotatable bonds is 6. The van der Waals surface area contributed by atoms with Gasteiger partial charge in [-0.3, -0.25) is 0 Å². The van der Waals surface area contributed by atoms with Crippen LogP contribution in [-0.2, 0) is 10.0 Å². The van der Waals surface area contributed by atoms with Crippen LogP contribution in [0.3, 0.4) is 0 Å². The van der Waals surface area contributed by atoms with Crippen LogP contribution in [0, 0.1) is 5.92 Å². The molecule has 0 aliphatic carbocycles. The van der Waals surface area contributed by atoms with E-state index in [4.69, 9.17) is 11.6 Å². The zero-order valence-electron chi connectivity index (χ0n) is 11.4. The molecule has 1 aromatic carbocycles. The number of sulfonamides is 1. The van der Waals surface area contributed by atoms with Crippen molar-refractivity contribution in [2.45, 2.75) is 31.2 Å². The van der Waals surface area contributed by atoms with Gasteiger partial charge in [0.2, 0.25) is 10.0 Å². The van der Waals surface area contributed by atoms with Crippen LogP contribution < -0.4 is 0 Å². The van der Waals surface area contributed by atoms with Gasteiger partial charge in [0, 0.05) is 18.1 Å². The zero-order chi connectivity index (χ0) is 14.6. The molecule has 0 bridgehead atoms. The largest absolute Gasteiger partial charge is 0.395 e. The van der Waals surface area contributed by atoms with Gasteiger partial charge in [0.1, 0.15) is 0 Å². The maximum absolute atomic E-state index is 12.4. The number of hydrogen-bond donors (Lipinski definition) is 1. The van der Waals surface area contributed by atoms with Crippen molar-refractivity contribution in [2.75, 3.05) is 13.7 Å². The van der Waals surface area contributed by atoms with E-state index in [9.17, 15) is 13.5 Å². The van der Waals surface area contributed by atoms with E-state index in [1.807, 2.05) is 13.8 Å². The highest BCUT2D eigenvalue weighted by Gasteiger charge is 2.27. The number of aliphatic hydroxyl groups excluding tert-OH is 1.